The molecule has 0 unspecified atom stereocenters. The fourth-order valence-electron chi connectivity index (χ4n) is 1.87. The van der Waals surface area contributed by atoms with Gasteiger partial charge in [-0.1, -0.05) is 42.5 Å². The third kappa shape index (κ3) is 7.02. The van der Waals surface area contributed by atoms with Crippen molar-refractivity contribution in [2.45, 2.75) is 38.5 Å². The maximum absolute atomic E-state index is 11.6. The SMILES string of the molecule is O=C(CCC/C=C/CO)CCCc1ccccc1. The maximum atomic E-state index is 11.6. The van der Waals surface area contributed by atoms with Crippen molar-refractivity contribution in [2.75, 3.05) is 6.61 Å². The molecular weight excluding hydrogens is 224 g/mol. The van der Waals surface area contributed by atoms with Gasteiger partial charge in [-0.2, -0.15) is 0 Å². The number of benzene rings is 1. The Morgan fingerprint density at radius 2 is 1.78 bits per heavy atom. The lowest BCUT2D eigenvalue weighted by Gasteiger charge is -2.01. The minimum atomic E-state index is 0.0883. The quantitative estimate of drug-likeness (QED) is 0.536. The highest BCUT2D eigenvalue weighted by molar-refractivity contribution is 5.78. The van der Waals surface area contributed by atoms with Crippen LogP contribution in [-0.4, -0.2) is 17.5 Å². The lowest BCUT2D eigenvalue weighted by atomic mass is 10.0. The third-order valence-electron chi connectivity index (χ3n) is 2.86. The zero-order valence-corrected chi connectivity index (χ0v) is 10.8. The van der Waals surface area contributed by atoms with Crippen molar-refractivity contribution in [1.29, 1.82) is 0 Å². The molecule has 1 aromatic rings. The zero-order valence-electron chi connectivity index (χ0n) is 10.8. The number of unbranched alkanes of at least 4 members (excludes halogenated alkanes) is 1. The van der Waals surface area contributed by atoms with E-state index in [1.165, 1.54) is 5.56 Å². The maximum Gasteiger partial charge on any atom is 0.132 e. The topological polar surface area (TPSA) is 37.3 Å². The molecule has 0 spiro atoms. The first-order chi connectivity index (χ1) is 8.83. The molecule has 0 aromatic heterocycles. The van der Waals surface area contributed by atoms with E-state index in [4.69, 9.17) is 5.11 Å². The number of hydrogen-bond donors (Lipinski definition) is 1. The number of carbonyl (C=O) groups is 1. The highest BCUT2D eigenvalue weighted by atomic mass is 16.2. The molecular formula is C16H22O2. The molecule has 0 bridgehead atoms. The first kappa shape index (κ1) is 14.7. The van der Waals surface area contributed by atoms with Crippen LogP contribution >= 0.6 is 0 Å². The average molecular weight is 246 g/mol. The van der Waals surface area contributed by atoms with Gasteiger partial charge in [-0.3, -0.25) is 4.79 Å². The number of rotatable bonds is 9. The fourth-order valence-corrected chi connectivity index (χ4v) is 1.87. The van der Waals surface area contributed by atoms with Gasteiger partial charge in [0.25, 0.3) is 0 Å². The van der Waals surface area contributed by atoms with Crippen LogP contribution in [0.4, 0.5) is 0 Å². The van der Waals surface area contributed by atoms with Gasteiger partial charge in [0, 0.05) is 12.8 Å². The summed E-state index contributed by atoms with van der Waals surface area (Å²) in [6, 6.07) is 10.3. The summed E-state index contributed by atoms with van der Waals surface area (Å²) in [5.74, 6) is 0.350. The van der Waals surface area contributed by atoms with Crippen LogP contribution in [0.5, 0.6) is 0 Å². The van der Waals surface area contributed by atoms with Crippen LogP contribution in [0.2, 0.25) is 0 Å². The molecule has 1 N–H and O–H groups in total. The van der Waals surface area contributed by atoms with Crippen LogP contribution in [0.25, 0.3) is 0 Å². The number of Topliss-reactive ketones (excluding diaryl/α,β-unsaturated/α-hetero) is 1. The summed E-state index contributed by atoms with van der Waals surface area (Å²) in [4.78, 5) is 11.6. The van der Waals surface area contributed by atoms with Crippen molar-refractivity contribution in [3.05, 3.63) is 48.0 Å². The number of aryl methyl sites for hydroxylation is 1. The molecule has 0 aliphatic rings. The van der Waals surface area contributed by atoms with E-state index < -0.39 is 0 Å². The molecule has 0 aliphatic carbocycles. The number of aliphatic hydroxyl groups is 1. The van der Waals surface area contributed by atoms with Crippen LogP contribution in [0.1, 0.15) is 37.7 Å². The van der Waals surface area contributed by atoms with E-state index in [2.05, 4.69) is 12.1 Å². The van der Waals surface area contributed by atoms with Crippen molar-refractivity contribution in [3.63, 3.8) is 0 Å². The molecule has 98 valence electrons. The summed E-state index contributed by atoms with van der Waals surface area (Å²) < 4.78 is 0. The zero-order chi connectivity index (χ0) is 13.1. The number of hydrogen-bond acceptors (Lipinski definition) is 2. The molecule has 0 aliphatic heterocycles. The fraction of sp³-hybridized carbons (Fsp3) is 0.438. The Bertz CT molecular complexity index is 355. The Balaban J connectivity index is 2.05. The Morgan fingerprint density at radius 3 is 2.50 bits per heavy atom. The van der Waals surface area contributed by atoms with Crippen LogP contribution in [-0.2, 0) is 11.2 Å². The Hall–Kier alpha value is -1.41. The van der Waals surface area contributed by atoms with Gasteiger partial charge in [-0.15, -0.1) is 0 Å². The molecule has 2 heteroatoms. The largest absolute Gasteiger partial charge is 0.392 e. The smallest absolute Gasteiger partial charge is 0.132 e. The van der Waals surface area contributed by atoms with Crippen molar-refractivity contribution in [2.24, 2.45) is 0 Å². The van der Waals surface area contributed by atoms with Crippen LogP contribution in [0.3, 0.4) is 0 Å². The molecule has 0 fully saturated rings. The monoisotopic (exact) mass is 246 g/mol. The number of carbonyl (C=O) groups excluding carboxylic acids is 1. The van der Waals surface area contributed by atoms with Crippen LogP contribution < -0.4 is 0 Å². The summed E-state index contributed by atoms with van der Waals surface area (Å²) >= 11 is 0. The van der Waals surface area contributed by atoms with E-state index in [0.717, 1.165) is 25.7 Å². The van der Waals surface area contributed by atoms with Gasteiger partial charge >= 0.3 is 0 Å². The van der Waals surface area contributed by atoms with E-state index in [1.54, 1.807) is 6.08 Å². The summed E-state index contributed by atoms with van der Waals surface area (Å²) in [6.07, 6.45) is 8.68. The minimum Gasteiger partial charge on any atom is -0.392 e. The summed E-state index contributed by atoms with van der Waals surface area (Å²) in [7, 11) is 0. The predicted octanol–water partition coefficient (Wildman–Crippen LogP) is 3.30. The number of ketones is 1. The van der Waals surface area contributed by atoms with Gasteiger partial charge in [-0.05, 0) is 31.2 Å². The second kappa shape index (κ2) is 9.60. The Labute approximate surface area is 109 Å². The van der Waals surface area contributed by atoms with E-state index in [0.29, 0.717) is 18.6 Å². The first-order valence-electron chi connectivity index (χ1n) is 6.64. The average Bonchev–Trinajstić information content (AvgIpc) is 2.40. The molecule has 1 aromatic carbocycles. The van der Waals surface area contributed by atoms with Crippen molar-refractivity contribution in [1.82, 2.24) is 0 Å². The van der Waals surface area contributed by atoms with Gasteiger partial charge in [0.15, 0.2) is 0 Å². The van der Waals surface area contributed by atoms with E-state index in [-0.39, 0.29) is 6.61 Å². The van der Waals surface area contributed by atoms with Crippen molar-refractivity contribution in [3.8, 4) is 0 Å². The first-order valence-corrected chi connectivity index (χ1v) is 6.64. The molecule has 0 saturated heterocycles. The Kier molecular flexibility index (Phi) is 7.82. The lowest BCUT2D eigenvalue weighted by molar-refractivity contribution is -0.119. The van der Waals surface area contributed by atoms with Gasteiger partial charge < -0.3 is 5.11 Å². The molecule has 0 atom stereocenters. The highest BCUT2D eigenvalue weighted by Gasteiger charge is 2.01. The molecule has 0 amide bonds. The van der Waals surface area contributed by atoms with E-state index in [1.807, 2.05) is 24.3 Å². The van der Waals surface area contributed by atoms with Crippen molar-refractivity contribution >= 4 is 5.78 Å². The molecule has 1 rings (SSSR count). The minimum absolute atomic E-state index is 0.0883. The summed E-state index contributed by atoms with van der Waals surface area (Å²) in [6.45, 7) is 0.0883. The lowest BCUT2D eigenvalue weighted by Crippen LogP contribution is -1.98. The van der Waals surface area contributed by atoms with E-state index >= 15 is 0 Å². The third-order valence-corrected chi connectivity index (χ3v) is 2.86. The van der Waals surface area contributed by atoms with Gasteiger partial charge in [-0.25, -0.2) is 0 Å². The van der Waals surface area contributed by atoms with E-state index in [9.17, 15) is 4.79 Å². The van der Waals surface area contributed by atoms with Gasteiger partial charge in [0.05, 0.1) is 6.61 Å². The molecule has 0 heterocycles. The number of aliphatic hydroxyl groups excluding tert-OH is 1. The normalized spacial score (nSPS) is 10.9. The predicted molar refractivity (Wildman–Crippen MR) is 74.5 cm³/mol. The Morgan fingerprint density at radius 1 is 1.06 bits per heavy atom. The van der Waals surface area contributed by atoms with Crippen molar-refractivity contribution < 1.29 is 9.90 Å². The summed E-state index contributed by atoms with van der Waals surface area (Å²) in [5, 5.41) is 8.55. The molecule has 0 saturated carbocycles. The van der Waals surface area contributed by atoms with Gasteiger partial charge in [0.2, 0.25) is 0 Å². The standard InChI is InChI=1S/C16H22O2/c17-14-7-2-1-6-12-16(18)13-8-11-15-9-4-3-5-10-15/h2-5,7,9-10,17H,1,6,8,11-14H2/b7-2+. The van der Waals surface area contributed by atoms with Crippen LogP contribution in [0.15, 0.2) is 42.5 Å². The van der Waals surface area contributed by atoms with Crippen LogP contribution in [0, 0.1) is 0 Å². The molecule has 2 nitrogen and oxygen atoms in total. The highest BCUT2D eigenvalue weighted by Crippen LogP contribution is 2.07. The molecule has 18 heavy (non-hydrogen) atoms. The molecule has 0 radical (unpaired) electrons. The second-order valence-electron chi connectivity index (χ2n) is 4.42. The second-order valence-corrected chi connectivity index (χ2v) is 4.42. The summed E-state index contributed by atoms with van der Waals surface area (Å²) in [5.41, 5.74) is 1.30. The number of allylic oxidation sites excluding steroid dienone is 1. The van der Waals surface area contributed by atoms with Gasteiger partial charge in [0.1, 0.15) is 5.78 Å².